The van der Waals surface area contributed by atoms with Gasteiger partial charge in [-0.1, -0.05) is 17.3 Å². The first-order chi connectivity index (χ1) is 9.70. The molecular formula is C14H12BrN3O2. The fraction of sp³-hybridized carbons (Fsp3) is 0.214. The third-order valence-electron chi connectivity index (χ3n) is 2.88. The van der Waals surface area contributed by atoms with Crippen molar-refractivity contribution < 1.29 is 9.57 Å². The van der Waals surface area contributed by atoms with E-state index in [0.717, 1.165) is 22.3 Å². The van der Waals surface area contributed by atoms with Crippen LogP contribution in [-0.2, 0) is 4.84 Å². The van der Waals surface area contributed by atoms with Crippen LogP contribution in [-0.4, -0.2) is 14.8 Å². The van der Waals surface area contributed by atoms with E-state index in [9.17, 15) is 0 Å². The molecule has 102 valence electrons. The quantitative estimate of drug-likeness (QED) is 0.858. The maximum absolute atomic E-state index is 5.62. The summed E-state index contributed by atoms with van der Waals surface area (Å²) in [6, 6.07) is 11.3. The standard InChI is InChI=1S/C14H12BrN3O2/c1-9-2-7-14(17-16-9)19-11-5-3-10(4-6-11)12-8-13(15)18-20-12/h2-7,12H,8H2,1H3/t12-/m0/s1. The van der Waals surface area contributed by atoms with Gasteiger partial charge in [0.05, 0.1) is 5.69 Å². The van der Waals surface area contributed by atoms with Gasteiger partial charge in [-0.15, -0.1) is 5.10 Å². The van der Waals surface area contributed by atoms with Crippen LogP contribution in [0.5, 0.6) is 11.6 Å². The lowest BCUT2D eigenvalue weighted by atomic mass is 10.1. The van der Waals surface area contributed by atoms with Crippen molar-refractivity contribution >= 4 is 20.6 Å². The van der Waals surface area contributed by atoms with Crippen molar-refractivity contribution in [2.45, 2.75) is 19.4 Å². The fourth-order valence-corrected chi connectivity index (χ4v) is 2.22. The van der Waals surface area contributed by atoms with Crippen molar-refractivity contribution in [1.29, 1.82) is 0 Å². The molecular weight excluding hydrogens is 322 g/mol. The lowest BCUT2D eigenvalue weighted by Gasteiger charge is -2.09. The van der Waals surface area contributed by atoms with Gasteiger partial charge in [-0.3, -0.25) is 0 Å². The Morgan fingerprint density at radius 3 is 2.55 bits per heavy atom. The largest absolute Gasteiger partial charge is 0.438 e. The van der Waals surface area contributed by atoms with Gasteiger partial charge in [0.2, 0.25) is 5.88 Å². The van der Waals surface area contributed by atoms with E-state index in [2.05, 4.69) is 31.3 Å². The number of hydrogen-bond donors (Lipinski definition) is 0. The van der Waals surface area contributed by atoms with Gasteiger partial charge in [0.1, 0.15) is 10.4 Å². The molecule has 1 aliphatic heterocycles. The predicted octanol–water partition coefficient (Wildman–Crippen LogP) is 3.75. The summed E-state index contributed by atoms with van der Waals surface area (Å²) < 4.78 is 6.45. The van der Waals surface area contributed by atoms with Gasteiger partial charge in [0, 0.05) is 12.5 Å². The lowest BCUT2D eigenvalue weighted by molar-refractivity contribution is 0.0857. The zero-order chi connectivity index (χ0) is 13.9. The van der Waals surface area contributed by atoms with Crippen LogP contribution in [0.2, 0.25) is 0 Å². The van der Waals surface area contributed by atoms with Gasteiger partial charge in [0.15, 0.2) is 6.10 Å². The van der Waals surface area contributed by atoms with Crippen LogP contribution in [0.4, 0.5) is 0 Å². The highest BCUT2D eigenvalue weighted by Gasteiger charge is 2.21. The van der Waals surface area contributed by atoms with Gasteiger partial charge in [0.25, 0.3) is 0 Å². The molecule has 1 aliphatic rings. The van der Waals surface area contributed by atoms with E-state index in [4.69, 9.17) is 9.57 Å². The van der Waals surface area contributed by atoms with Gasteiger partial charge in [-0.2, -0.15) is 5.10 Å². The number of hydrogen-bond acceptors (Lipinski definition) is 5. The average molecular weight is 334 g/mol. The highest BCUT2D eigenvalue weighted by atomic mass is 79.9. The van der Waals surface area contributed by atoms with Crippen molar-refractivity contribution in [2.75, 3.05) is 0 Å². The fourth-order valence-electron chi connectivity index (χ4n) is 1.84. The van der Waals surface area contributed by atoms with Crippen molar-refractivity contribution in [3.05, 3.63) is 47.7 Å². The molecule has 1 atom stereocenters. The minimum Gasteiger partial charge on any atom is -0.438 e. The van der Waals surface area contributed by atoms with Gasteiger partial charge >= 0.3 is 0 Å². The summed E-state index contributed by atoms with van der Waals surface area (Å²) in [5, 5.41) is 11.8. The number of benzene rings is 1. The van der Waals surface area contributed by atoms with Crippen molar-refractivity contribution in [3.63, 3.8) is 0 Å². The Bertz CT molecular complexity index is 626. The van der Waals surface area contributed by atoms with E-state index in [1.165, 1.54) is 0 Å². The van der Waals surface area contributed by atoms with E-state index >= 15 is 0 Å². The maximum atomic E-state index is 5.62. The molecule has 3 rings (SSSR count). The molecule has 0 radical (unpaired) electrons. The monoisotopic (exact) mass is 333 g/mol. The molecule has 0 saturated carbocycles. The molecule has 6 heteroatoms. The second-order valence-electron chi connectivity index (χ2n) is 4.45. The Kier molecular flexibility index (Phi) is 3.64. The minimum atomic E-state index is -0.0300. The van der Waals surface area contributed by atoms with Crippen molar-refractivity contribution in [2.24, 2.45) is 5.16 Å². The lowest BCUT2D eigenvalue weighted by Crippen LogP contribution is -1.97. The third-order valence-corrected chi connectivity index (χ3v) is 3.35. The predicted molar refractivity (Wildman–Crippen MR) is 78.1 cm³/mol. The summed E-state index contributed by atoms with van der Waals surface area (Å²) in [5.74, 6) is 1.19. The van der Waals surface area contributed by atoms with Crippen LogP contribution < -0.4 is 4.74 Å². The first-order valence-electron chi connectivity index (χ1n) is 6.17. The third kappa shape index (κ3) is 2.96. The molecule has 2 heterocycles. The van der Waals surface area contributed by atoms with E-state index in [1.807, 2.05) is 37.3 Å². The van der Waals surface area contributed by atoms with Crippen molar-refractivity contribution in [1.82, 2.24) is 10.2 Å². The molecule has 20 heavy (non-hydrogen) atoms. The Hall–Kier alpha value is -1.95. The molecule has 0 bridgehead atoms. The Balaban J connectivity index is 1.68. The van der Waals surface area contributed by atoms with Crippen LogP contribution in [0.1, 0.15) is 23.8 Å². The highest BCUT2D eigenvalue weighted by Crippen LogP contribution is 2.30. The van der Waals surface area contributed by atoms with E-state index in [0.29, 0.717) is 11.6 Å². The molecule has 0 N–H and O–H groups in total. The number of oxime groups is 1. The number of aromatic nitrogens is 2. The smallest absolute Gasteiger partial charge is 0.238 e. The number of nitrogens with zero attached hydrogens (tertiary/aromatic N) is 3. The molecule has 0 aliphatic carbocycles. The van der Waals surface area contributed by atoms with Crippen LogP contribution in [0, 0.1) is 6.92 Å². The molecule has 2 aromatic rings. The summed E-state index contributed by atoms with van der Waals surface area (Å²) in [7, 11) is 0. The maximum Gasteiger partial charge on any atom is 0.238 e. The number of ether oxygens (including phenoxy) is 1. The zero-order valence-electron chi connectivity index (χ0n) is 10.8. The normalized spacial score (nSPS) is 17.5. The second kappa shape index (κ2) is 5.58. The highest BCUT2D eigenvalue weighted by molar-refractivity contribution is 9.18. The molecule has 0 unspecified atom stereocenters. The van der Waals surface area contributed by atoms with E-state index < -0.39 is 0 Å². The first-order valence-corrected chi connectivity index (χ1v) is 6.96. The van der Waals surface area contributed by atoms with E-state index in [-0.39, 0.29) is 6.10 Å². The average Bonchev–Trinajstić information content (AvgIpc) is 2.89. The number of rotatable bonds is 3. The number of halogens is 1. The van der Waals surface area contributed by atoms with Gasteiger partial charge < -0.3 is 9.57 Å². The van der Waals surface area contributed by atoms with Crippen molar-refractivity contribution in [3.8, 4) is 11.6 Å². The molecule has 1 aromatic carbocycles. The second-order valence-corrected chi connectivity index (χ2v) is 5.37. The molecule has 0 fully saturated rings. The summed E-state index contributed by atoms with van der Waals surface area (Å²) in [6.45, 7) is 1.88. The first kappa shape index (κ1) is 13.1. The Labute approximate surface area is 124 Å². The van der Waals surface area contributed by atoms with Crippen LogP contribution >= 0.6 is 15.9 Å². The van der Waals surface area contributed by atoms with Crippen LogP contribution in [0.15, 0.2) is 41.6 Å². The summed E-state index contributed by atoms with van der Waals surface area (Å²) >= 11 is 3.33. The van der Waals surface area contributed by atoms with Crippen LogP contribution in [0.3, 0.4) is 0 Å². The minimum absolute atomic E-state index is 0.0300. The van der Waals surface area contributed by atoms with E-state index in [1.54, 1.807) is 6.07 Å². The molecule has 0 spiro atoms. The Morgan fingerprint density at radius 2 is 1.95 bits per heavy atom. The Morgan fingerprint density at radius 1 is 1.15 bits per heavy atom. The van der Waals surface area contributed by atoms with Crippen LogP contribution in [0.25, 0.3) is 0 Å². The van der Waals surface area contributed by atoms with Gasteiger partial charge in [-0.25, -0.2) is 0 Å². The number of aryl methyl sites for hydroxylation is 1. The summed E-state index contributed by atoms with van der Waals surface area (Å²) in [4.78, 5) is 5.30. The molecule has 1 aromatic heterocycles. The summed E-state index contributed by atoms with van der Waals surface area (Å²) in [6.07, 6.45) is 0.724. The molecule has 0 amide bonds. The topological polar surface area (TPSA) is 56.6 Å². The zero-order valence-corrected chi connectivity index (χ0v) is 12.4. The van der Waals surface area contributed by atoms with Gasteiger partial charge in [-0.05, 0) is 46.6 Å². The molecule has 5 nitrogen and oxygen atoms in total. The molecule has 0 saturated heterocycles. The SMILES string of the molecule is Cc1ccc(Oc2ccc([C@@H]3CC(Br)=NO3)cc2)nn1. The summed E-state index contributed by atoms with van der Waals surface area (Å²) in [5.41, 5.74) is 1.92.